The summed E-state index contributed by atoms with van der Waals surface area (Å²) in [6, 6.07) is 18.2. The summed E-state index contributed by atoms with van der Waals surface area (Å²) in [5.74, 6) is -0.766. The van der Waals surface area contributed by atoms with Gasteiger partial charge in [0, 0.05) is 140 Å². The highest BCUT2D eigenvalue weighted by atomic mass is 31.2. The molecule has 37 heteroatoms. The first-order chi connectivity index (χ1) is 54.9. The highest BCUT2D eigenvalue weighted by molar-refractivity contribution is 7.58. The van der Waals surface area contributed by atoms with Gasteiger partial charge in [0.1, 0.15) is 47.1 Å². The molecule has 7 N–H and O–H groups in total. The number of nitrogens with zero attached hydrogens (tertiary/aromatic N) is 12. The third-order valence-electron chi connectivity index (χ3n) is 18.5. The van der Waals surface area contributed by atoms with E-state index in [1.807, 2.05) is 9.57 Å². The highest BCUT2D eigenvalue weighted by Gasteiger charge is 2.33. The maximum Gasteiger partial charge on any atom is 0.407 e. The SMILES string of the molecule is CCCCCCCC(C)=O.COc1cc(C(CCN(C)C(=O)CCCCC(=O)NCCOCCOc2nc(N(C)CC(N)=O)nc(N3CCN(P(C)(=O)N(C)C)CC3)n2)OC(=O)NCCCCCC(=O)NCc2cn(CCC(C)=O)nn2)c([N+](=O)[O-])cc1OC.O=C(O)c1ccccc1-c1c2ccc(=O)cc-2oc2cc(O)ccc12. The molecule has 0 saturated carbocycles. The van der Waals surface area contributed by atoms with Crippen molar-refractivity contribution in [2.24, 2.45) is 5.73 Å². The number of nitrogens with one attached hydrogen (secondary N) is 3. The Morgan fingerprint density at radius 1 is 0.748 bits per heavy atom. The van der Waals surface area contributed by atoms with Crippen molar-refractivity contribution in [3.63, 3.8) is 0 Å². The molecular weight excluding hydrogens is 1510 g/mol. The number of hydrogen-bond donors (Lipinski definition) is 6. The third kappa shape index (κ3) is 30.6. The summed E-state index contributed by atoms with van der Waals surface area (Å²) in [4.78, 5) is 138. The number of phenols is 1. The molecule has 4 heterocycles. The van der Waals surface area contributed by atoms with Gasteiger partial charge in [0.2, 0.25) is 43.0 Å². The first-order valence-electron chi connectivity index (χ1n) is 38.2. The molecule has 1 saturated heterocycles. The number of phenolic OH excluding ortho intramolecular Hbond substituents is 1. The number of nitro groups is 1. The average molecular weight is 1620 g/mol. The Morgan fingerprint density at radius 3 is 2.10 bits per heavy atom. The van der Waals surface area contributed by atoms with Crippen molar-refractivity contribution in [3.8, 4) is 45.7 Å². The van der Waals surface area contributed by atoms with Crippen LogP contribution in [0.5, 0.6) is 23.3 Å². The van der Waals surface area contributed by atoms with Crippen LogP contribution in [0.2, 0.25) is 0 Å². The number of aromatic carboxylic acids is 1. The lowest BCUT2D eigenvalue weighted by Crippen LogP contribution is -2.47. The van der Waals surface area contributed by atoms with Gasteiger partial charge in [-0.1, -0.05) is 62.4 Å². The van der Waals surface area contributed by atoms with Crippen molar-refractivity contribution in [2.45, 2.75) is 143 Å². The van der Waals surface area contributed by atoms with Crippen molar-refractivity contribution in [3.05, 3.63) is 116 Å². The summed E-state index contributed by atoms with van der Waals surface area (Å²) >= 11 is 0. The van der Waals surface area contributed by atoms with Gasteiger partial charge in [-0.25, -0.2) is 18.9 Å². The molecule has 0 spiro atoms. The van der Waals surface area contributed by atoms with E-state index in [0.717, 1.165) is 12.8 Å². The summed E-state index contributed by atoms with van der Waals surface area (Å²) in [5, 5.41) is 48.4. The van der Waals surface area contributed by atoms with Gasteiger partial charge in [-0.15, -0.1) is 5.10 Å². The van der Waals surface area contributed by atoms with E-state index >= 15 is 0 Å². The van der Waals surface area contributed by atoms with Crippen LogP contribution in [0.4, 0.5) is 22.4 Å². The van der Waals surface area contributed by atoms with Gasteiger partial charge in [-0.05, 0) is 102 Å². The molecular formula is C78H109N16O20P. The Bertz CT molecular complexity index is 4480. The molecule has 626 valence electrons. The van der Waals surface area contributed by atoms with Crippen LogP contribution in [0.25, 0.3) is 33.4 Å². The normalized spacial score (nSPS) is 12.7. The zero-order valence-electron chi connectivity index (χ0n) is 67.2. The summed E-state index contributed by atoms with van der Waals surface area (Å²) in [7, 11) is 6.79. The molecule has 115 heavy (non-hydrogen) atoms. The number of fused-ring (bicyclic) bond motifs is 2. The molecule has 8 rings (SSSR count). The van der Waals surface area contributed by atoms with Crippen molar-refractivity contribution in [1.29, 1.82) is 0 Å². The number of carboxylic acid groups (broad SMARTS) is 1. The fourth-order valence-electron chi connectivity index (χ4n) is 12.0. The Morgan fingerprint density at radius 2 is 1.42 bits per heavy atom. The minimum Gasteiger partial charge on any atom is -0.508 e. The number of Topliss-reactive ketones (excluding diaryl/α,β-unsaturated/α-hetero) is 2. The van der Waals surface area contributed by atoms with E-state index < -0.39 is 36.4 Å². The number of aromatic hydroxyl groups is 1. The fourth-order valence-corrected chi connectivity index (χ4v) is 13.4. The molecule has 0 bridgehead atoms. The van der Waals surface area contributed by atoms with E-state index in [2.05, 4.69) is 48.1 Å². The van der Waals surface area contributed by atoms with Crippen LogP contribution in [0, 0.1) is 10.1 Å². The number of carbonyl (C=O) groups is 8. The quantitative estimate of drug-likeness (QED) is 0.00681. The molecule has 3 aliphatic rings. The van der Waals surface area contributed by atoms with E-state index in [-0.39, 0.29) is 153 Å². The van der Waals surface area contributed by atoms with Crippen LogP contribution in [-0.2, 0) is 55.9 Å². The van der Waals surface area contributed by atoms with E-state index in [4.69, 9.17) is 33.8 Å². The number of methoxy groups -OCH3 is 2. The van der Waals surface area contributed by atoms with Crippen LogP contribution in [0.1, 0.15) is 151 Å². The molecule has 0 radical (unpaired) electrons. The topological polar surface area (TPSA) is 461 Å². The molecule has 1 aliphatic carbocycles. The van der Waals surface area contributed by atoms with Crippen molar-refractivity contribution >= 4 is 83.3 Å². The second kappa shape index (κ2) is 47.5. The molecule has 1 fully saturated rings. The second-order valence-corrected chi connectivity index (χ2v) is 30.7. The second-order valence-electron chi connectivity index (χ2n) is 27.7. The first-order valence-corrected chi connectivity index (χ1v) is 40.2. The minimum absolute atomic E-state index is 0.0111. The number of ketones is 2. The maximum absolute atomic E-state index is 13.2. The van der Waals surface area contributed by atoms with Gasteiger partial charge >= 0.3 is 18.1 Å². The van der Waals surface area contributed by atoms with Crippen LogP contribution in [-0.4, -0.2) is 228 Å². The van der Waals surface area contributed by atoms with E-state index in [1.165, 1.54) is 99.1 Å². The number of nitro benzene ring substituents is 1. The number of amides is 5. The predicted octanol–water partition coefficient (Wildman–Crippen LogP) is 8.96. The van der Waals surface area contributed by atoms with Gasteiger partial charge in [0.15, 0.2) is 16.9 Å². The van der Waals surface area contributed by atoms with Crippen molar-refractivity contribution in [1.82, 2.24) is 60.1 Å². The summed E-state index contributed by atoms with van der Waals surface area (Å²) in [5.41, 5.74) is 7.73. The van der Waals surface area contributed by atoms with Crippen LogP contribution in [0.3, 0.4) is 0 Å². The smallest absolute Gasteiger partial charge is 0.407 e. The van der Waals surface area contributed by atoms with Crippen LogP contribution < -0.4 is 51.1 Å². The maximum atomic E-state index is 13.2. The summed E-state index contributed by atoms with van der Waals surface area (Å²) in [6.45, 7) is 10.5. The first kappa shape index (κ1) is 92.6. The van der Waals surface area contributed by atoms with Crippen LogP contribution in [0.15, 0.2) is 88.2 Å². The van der Waals surface area contributed by atoms with Gasteiger partial charge < -0.3 is 79.5 Å². The number of anilines is 2. The van der Waals surface area contributed by atoms with E-state index in [9.17, 15) is 68.0 Å². The summed E-state index contributed by atoms with van der Waals surface area (Å²) < 4.78 is 52.1. The molecule has 36 nitrogen and oxygen atoms in total. The van der Waals surface area contributed by atoms with Gasteiger partial charge in [-0.3, -0.25) is 48.1 Å². The summed E-state index contributed by atoms with van der Waals surface area (Å²) in [6.07, 6.45) is 9.96. The Labute approximate surface area is 668 Å². The molecule has 3 aromatic carbocycles. The van der Waals surface area contributed by atoms with Crippen molar-refractivity contribution < 1.29 is 86.2 Å². The number of carbonyl (C=O) groups excluding carboxylic acids is 7. The molecule has 5 amide bonds. The largest absolute Gasteiger partial charge is 0.508 e. The zero-order valence-corrected chi connectivity index (χ0v) is 68.1. The lowest BCUT2D eigenvalue weighted by Gasteiger charge is -2.39. The molecule has 2 aliphatic heterocycles. The minimum atomic E-state index is -2.67. The van der Waals surface area contributed by atoms with Gasteiger partial charge in [0.25, 0.3) is 5.69 Å². The molecule has 5 aromatic rings. The number of ether oxygens (including phenoxy) is 5. The number of likely N-dealkylation sites (N-methyl/N-ethyl adjacent to an activating group) is 1. The van der Waals surface area contributed by atoms with E-state index in [0.29, 0.717) is 122 Å². The predicted molar refractivity (Wildman–Crippen MR) is 430 cm³/mol. The van der Waals surface area contributed by atoms with Gasteiger partial charge in [-0.2, -0.15) is 15.0 Å². The average Bonchev–Trinajstić information content (AvgIpc) is 0.928. The van der Waals surface area contributed by atoms with Gasteiger partial charge in [0.05, 0.1) is 68.8 Å². The number of aryl methyl sites for hydroxylation is 1. The van der Waals surface area contributed by atoms with Crippen LogP contribution >= 0.6 is 7.44 Å². The fraction of sp³-hybridized carbons (Fsp3) is 0.513. The number of nitrogens with two attached hydrogens (primary N) is 1. The third-order valence-corrected chi connectivity index (χ3v) is 21.4. The Hall–Kier alpha value is -11.2. The number of rotatable bonds is 45. The monoisotopic (exact) mass is 1620 g/mol. The number of piperazine rings is 1. The zero-order chi connectivity index (χ0) is 84.2. The number of primary amides is 1. The molecule has 2 atom stereocenters. The lowest BCUT2D eigenvalue weighted by molar-refractivity contribution is -0.386. The Balaban J connectivity index is 0.000000475. The lowest BCUT2D eigenvalue weighted by atomic mass is 9.91. The number of benzene rings is 4. The number of aromatic nitrogens is 6. The number of hydrogen-bond acceptors (Lipinski definition) is 26. The number of carboxylic acids is 1. The number of alkyl carbamates (subject to hydrolysis) is 1. The Kier molecular flexibility index (Phi) is 38.2. The highest BCUT2D eigenvalue weighted by Crippen LogP contribution is 2.48. The van der Waals surface area contributed by atoms with E-state index in [1.54, 1.807) is 87.7 Å². The molecule has 2 aromatic heterocycles. The number of unbranched alkanes of at least 4 members (excludes halogenated alkanes) is 7. The molecule has 2 unspecified atom stereocenters. The van der Waals surface area contributed by atoms with Crippen molar-refractivity contribution in [2.75, 3.05) is 131 Å². The standard InChI is InChI=1S/C49H79N16O14P.C20H12O5.C9H18O/c1-35(66)17-22-63-33-36(57-58-63)32-53-44(69)14-10-9-13-19-52-49(71)79-39(37-30-40(75-6)41(76-7)31-38(37)65(72)73)18-21-60(4)45(70)16-12-11-15-43(68)51-20-27-77-28-29-78-48-55-46(61(5)34-42(50)67)54-47(56-48)62-23-25-64(26-24-62)80(8,74)59(2)3;21-11-5-7-15-17(9-11)25-18-10-12(22)6-8-16(18)19(15)13-3-1-2-4-14(13)20(23)24;1-3-4-5-6-7-8-9(2)10/h30-31,33,39H,9-29,32,34H2,1-8H3,(H2,50,67)(H,51,68)(H,52,71)(H,53,69);1-10,21H,(H,23,24);3-8H2,1-2H3.